The molecular formula is C27H20N2O2. The maximum absolute atomic E-state index is 13.4. The van der Waals surface area contributed by atoms with Gasteiger partial charge in [0.05, 0.1) is 16.6 Å². The van der Waals surface area contributed by atoms with Crippen molar-refractivity contribution in [3.63, 3.8) is 0 Å². The van der Waals surface area contributed by atoms with E-state index in [0.29, 0.717) is 16.5 Å². The Kier molecular flexibility index (Phi) is 4.60. The molecule has 4 aromatic carbocycles. The molecule has 31 heavy (non-hydrogen) atoms. The molecule has 4 heteroatoms. The predicted molar refractivity (Wildman–Crippen MR) is 124 cm³/mol. The number of fused-ring (bicyclic) bond motifs is 1. The third-order valence-corrected chi connectivity index (χ3v) is 5.57. The average Bonchev–Trinajstić information content (AvgIpc) is 3.08. The number of aromatic nitrogens is 2. The maximum atomic E-state index is 13.4. The normalized spacial score (nSPS) is 11.0. The molecule has 0 spiro atoms. The van der Waals surface area contributed by atoms with E-state index in [4.69, 9.17) is 0 Å². The molecule has 150 valence electrons. The van der Waals surface area contributed by atoms with Crippen LogP contribution in [0.5, 0.6) is 0 Å². The summed E-state index contributed by atoms with van der Waals surface area (Å²) in [5.74, 6) is -0.101. The van der Waals surface area contributed by atoms with Crippen LogP contribution in [0.15, 0.2) is 108 Å². The Morgan fingerprint density at radius 2 is 1.32 bits per heavy atom. The summed E-state index contributed by atoms with van der Waals surface area (Å²) < 4.78 is 3.48. The minimum atomic E-state index is -0.148. The highest BCUT2D eigenvalue weighted by atomic mass is 16.1. The van der Waals surface area contributed by atoms with E-state index in [1.165, 1.54) is 0 Å². The van der Waals surface area contributed by atoms with Gasteiger partial charge in [0.25, 0.3) is 5.56 Å². The highest BCUT2D eigenvalue weighted by Gasteiger charge is 2.20. The summed E-state index contributed by atoms with van der Waals surface area (Å²) in [4.78, 5) is 26.8. The smallest absolute Gasteiger partial charge is 0.279 e. The van der Waals surface area contributed by atoms with Crippen LogP contribution in [0.2, 0.25) is 0 Å². The van der Waals surface area contributed by atoms with Gasteiger partial charge in [0, 0.05) is 18.2 Å². The van der Waals surface area contributed by atoms with Gasteiger partial charge in [0.15, 0.2) is 5.78 Å². The van der Waals surface area contributed by atoms with Crippen LogP contribution in [-0.4, -0.2) is 15.1 Å². The summed E-state index contributed by atoms with van der Waals surface area (Å²) in [5.41, 5.74) is 4.27. The molecule has 0 amide bonds. The highest BCUT2D eigenvalue weighted by molar-refractivity contribution is 6.14. The number of rotatable bonds is 4. The van der Waals surface area contributed by atoms with Crippen molar-refractivity contribution < 1.29 is 4.79 Å². The number of nitrogens with zero attached hydrogens (tertiary/aromatic N) is 2. The zero-order valence-electron chi connectivity index (χ0n) is 17.0. The molecule has 1 aromatic heterocycles. The minimum absolute atomic E-state index is 0.101. The van der Waals surface area contributed by atoms with E-state index in [2.05, 4.69) is 0 Å². The predicted octanol–water partition coefficient (Wildman–Crippen LogP) is 5.23. The van der Waals surface area contributed by atoms with Gasteiger partial charge in [-0.05, 0) is 35.4 Å². The summed E-state index contributed by atoms with van der Waals surface area (Å²) >= 11 is 0. The average molecular weight is 404 g/mol. The van der Waals surface area contributed by atoms with Crippen molar-refractivity contribution in [2.45, 2.75) is 0 Å². The van der Waals surface area contributed by atoms with Crippen LogP contribution in [0.25, 0.3) is 27.7 Å². The molecule has 0 bridgehead atoms. The van der Waals surface area contributed by atoms with Crippen molar-refractivity contribution in [3.8, 4) is 16.8 Å². The van der Waals surface area contributed by atoms with E-state index in [0.717, 1.165) is 22.3 Å². The number of ketones is 1. The fraction of sp³-hybridized carbons (Fsp3) is 0.0370. The van der Waals surface area contributed by atoms with Crippen molar-refractivity contribution in [1.82, 2.24) is 9.36 Å². The molecule has 0 aliphatic carbocycles. The third kappa shape index (κ3) is 3.19. The summed E-state index contributed by atoms with van der Waals surface area (Å²) in [7, 11) is 1.87. The molecule has 1 heterocycles. The maximum Gasteiger partial charge on any atom is 0.279 e. The van der Waals surface area contributed by atoms with Crippen molar-refractivity contribution >= 4 is 16.7 Å². The van der Waals surface area contributed by atoms with Crippen molar-refractivity contribution in [2.75, 3.05) is 0 Å². The first-order valence-corrected chi connectivity index (χ1v) is 10.1. The first-order valence-electron chi connectivity index (χ1n) is 10.1. The molecule has 0 unspecified atom stereocenters. The van der Waals surface area contributed by atoms with Gasteiger partial charge < -0.3 is 0 Å². The van der Waals surface area contributed by atoms with Crippen LogP contribution >= 0.6 is 0 Å². The van der Waals surface area contributed by atoms with E-state index in [1.807, 2.05) is 96.7 Å². The number of hydrogen-bond donors (Lipinski definition) is 0. The quantitative estimate of drug-likeness (QED) is 0.385. The Balaban J connectivity index is 1.82. The summed E-state index contributed by atoms with van der Waals surface area (Å²) in [5, 5.41) is 0.519. The zero-order valence-corrected chi connectivity index (χ0v) is 17.0. The summed E-state index contributed by atoms with van der Waals surface area (Å²) in [6.45, 7) is 0. The molecule has 0 aliphatic rings. The molecule has 0 saturated carbocycles. The van der Waals surface area contributed by atoms with Crippen LogP contribution in [0.4, 0.5) is 0 Å². The van der Waals surface area contributed by atoms with Gasteiger partial charge in [-0.2, -0.15) is 0 Å². The second kappa shape index (κ2) is 7.58. The standard InChI is InChI=1S/C27H20N2O2/c1-28-25-18-22(19-11-5-2-6-12-19)23(26(30)20-13-7-3-8-14-20)17-24(25)27(31)29(28)21-15-9-4-10-16-21/h2-18H,1H3. The van der Waals surface area contributed by atoms with Crippen LogP contribution in [0, 0.1) is 0 Å². The summed E-state index contributed by atoms with van der Waals surface area (Å²) in [6, 6.07) is 32.2. The monoisotopic (exact) mass is 404 g/mol. The molecule has 0 radical (unpaired) electrons. The number of para-hydroxylation sites is 1. The van der Waals surface area contributed by atoms with E-state index in [-0.39, 0.29) is 11.3 Å². The molecule has 0 atom stereocenters. The van der Waals surface area contributed by atoms with Crippen LogP contribution in [0.3, 0.4) is 0 Å². The van der Waals surface area contributed by atoms with Crippen molar-refractivity contribution in [1.29, 1.82) is 0 Å². The Bertz CT molecular complexity index is 1450. The lowest BCUT2D eigenvalue weighted by molar-refractivity contribution is 0.103. The molecule has 4 nitrogen and oxygen atoms in total. The molecule has 0 aliphatic heterocycles. The van der Waals surface area contributed by atoms with Gasteiger partial charge in [0.2, 0.25) is 0 Å². The number of benzene rings is 4. The number of carbonyl (C=O) groups is 1. The molecule has 0 N–H and O–H groups in total. The third-order valence-electron chi connectivity index (χ3n) is 5.57. The SMILES string of the molecule is Cn1c2cc(-c3ccccc3)c(C(=O)c3ccccc3)cc2c(=O)n1-c1ccccc1. The van der Waals surface area contributed by atoms with Gasteiger partial charge >= 0.3 is 0 Å². The molecule has 5 rings (SSSR count). The van der Waals surface area contributed by atoms with Crippen LogP contribution in [0.1, 0.15) is 15.9 Å². The van der Waals surface area contributed by atoms with E-state index in [9.17, 15) is 9.59 Å². The fourth-order valence-corrected chi connectivity index (χ4v) is 4.03. The topological polar surface area (TPSA) is 44.0 Å². The van der Waals surface area contributed by atoms with E-state index >= 15 is 0 Å². The van der Waals surface area contributed by atoms with Crippen LogP contribution < -0.4 is 5.56 Å². The van der Waals surface area contributed by atoms with Gasteiger partial charge in [-0.15, -0.1) is 0 Å². The van der Waals surface area contributed by atoms with Gasteiger partial charge in [-0.1, -0.05) is 78.9 Å². The van der Waals surface area contributed by atoms with Gasteiger partial charge in [-0.25, -0.2) is 4.68 Å². The van der Waals surface area contributed by atoms with Crippen LogP contribution in [-0.2, 0) is 7.05 Å². The highest BCUT2D eigenvalue weighted by Crippen LogP contribution is 2.30. The number of aryl methyl sites for hydroxylation is 1. The van der Waals surface area contributed by atoms with Crippen molar-refractivity contribution in [3.05, 3.63) is 125 Å². The molecular weight excluding hydrogens is 384 g/mol. The van der Waals surface area contributed by atoms with Gasteiger partial charge in [0.1, 0.15) is 0 Å². The lowest BCUT2D eigenvalue weighted by Crippen LogP contribution is -2.19. The first-order chi connectivity index (χ1) is 15.1. The van der Waals surface area contributed by atoms with E-state index in [1.54, 1.807) is 22.9 Å². The lowest BCUT2D eigenvalue weighted by Gasteiger charge is -2.11. The van der Waals surface area contributed by atoms with Gasteiger partial charge in [-0.3, -0.25) is 14.3 Å². The second-order valence-electron chi connectivity index (χ2n) is 7.45. The number of hydrogen-bond acceptors (Lipinski definition) is 2. The Morgan fingerprint density at radius 1 is 0.742 bits per heavy atom. The number of carbonyl (C=O) groups excluding carboxylic acids is 1. The molecule has 0 fully saturated rings. The van der Waals surface area contributed by atoms with Crippen molar-refractivity contribution in [2.24, 2.45) is 7.05 Å². The summed E-state index contributed by atoms with van der Waals surface area (Å²) in [6.07, 6.45) is 0. The molecule has 5 aromatic rings. The Hall–Kier alpha value is -4.18. The second-order valence-corrected chi connectivity index (χ2v) is 7.45. The van der Waals surface area contributed by atoms with E-state index < -0.39 is 0 Å². The largest absolute Gasteiger partial charge is 0.289 e. The zero-order chi connectivity index (χ0) is 21.4. The Labute approximate surface area is 179 Å². The molecule has 0 saturated heterocycles. The Morgan fingerprint density at radius 3 is 1.97 bits per heavy atom. The fourth-order valence-electron chi connectivity index (χ4n) is 4.03. The first kappa shape index (κ1) is 18.8. The lowest BCUT2D eigenvalue weighted by atomic mass is 9.92. The minimum Gasteiger partial charge on any atom is -0.289 e.